The lowest BCUT2D eigenvalue weighted by molar-refractivity contribution is 0.0714. The van der Waals surface area contributed by atoms with Crippen LogP contribution < -0.4 is 10.6 Å². The number of benzene rings is 1. The number of nitrogens with zero attached hydrogens (tertiary/aromatic N) is 2. The van der Waals surface area contributed by atoms with E-state index in [-0.39, 0.29) is 18.1 Å². The number of aromatic nitrogens is 2. The first-order chi connectivity index (χ1) is 13.2. The first kappa shape index (κ1) is 19.3. The molecule has 3 rings (SSSR count). The summed E-state index contributed by atoms with van der Waals surface area (Å²) in [6.45, 7) is 2.05. The third kappa shape index (κ3) is 5.50. The van der Waals surface area contributed by atoms with Gasteiger partial charge in [-0.2, -0.15) is 0 Å². The monoisotopic (exact) mass is 388 g/mol. The average Bonchev–Trinajstić information content (AvgIpc) is 3.11. The number of aryl methyl sites for hydroxylation is 1. The summed E-state index contributed by atoms with van der Waals surface area (Å²) in [5, 5.41) is 9.82. The van der Waals surface area contributed by atoms with E-state index in [0.717, 1.165) is 49.3 Å². The van der Waals surface area contributed by atoms with Gasteiger partial charge in [0.2, 0.25) is 0 Å². The van der Waals surface area contributed by atoms with Gasteiger partial charge in [0, 0.05) is 18.2 Å². The van der Waals surface area contributed by atoms with Crippen molar-refractivity contribution in [2.24, 2.45) is 0 Å². The molecule has 0 bridgehead atoms. The molecule has 0 saturated heterocycles. The van der Waals surface area contributed by atoms with Crippen LogP contribution in [0.5, 0.6) is 0 Å². The number of carbonyl (C=O) groups excluding carboxylic acids is 2. The van der Waals surface area contributed by atoms with Crippen molar-refractivity contribution in [1.82, 2.24) is 14.9 Å². The summed E-state index contributed by atoms with van der Waals surface area (Å²) in [5.41, 5.74) is 1.45. The summed E-state index contributed by atoms with van der Waals surface area (Å²) in [7, 11) is 0. The number of nitrogens with one attached hydrogen (secondary N) is 2. The van der Waals surface area contributed by atoms with Crippen LogP contribution in [0.2, 0.25) is 0 Å². The van der Waals surface area contributed by atoms with E-state index in [2.05, 4.69) is 20.2 Å². The largest absolute Gasteiger partial charge is 0.446 e. The van der Waals surface area contributed by atoms with Crippen LogP contribution in [0.4, 0.5) is 10.5 Å². The molecule has 0 spiro atoms. The van der Waals surface area contributed by atoms with Crippen molar-refractivity contribution in [2.75, 3.05) is 5.32 Å². The molecule has 8 heteroatoms. The van der Waals surface area contributed by atoms with Crippen LogP contribution in [0.1, 0.15) is 54.4 Å². The fraction of sp³-hybridized carbons (Fsp3) is 0.474. The molecule has 27 heavy (non-hydrogen) atoms. The molecule has 1 aliphatic carbocycles. The van der Waals surface area contributed by atoms with Gasteiger partial charge in [-0.3, -0.25) is 10.1 Å². The molecular formula is C19H24N4O3S. The van der Waals surface area contributed by atoms with Gasteiger partial charge in [-0.15, -0.1) is 5.10 Å². The van der Waals surface area contributed by atoms with Crippen molar-refractivity contribution in [2.45, 2.75) is 57.6 Å². The van der Waals surface area contributed by atoms with E-state index in [1.54, 1.807) is 0 Å². The molecule has 1 saturated carbocycles. The predicted molar refractivity (Wildman–Crippen MR) is 104 cm³/mol. The van der Waals surface area contributed by atoms with Crippen LogP contribution in [0.3, 0.4) is 0 Å². The van der Waals surface area contributed by atoms with Crippen molar-refractivity contribution in [3.05, 3.63) is 40.9 Å². The molecule has 0 radical (unpaired) electrons. The van der Waals surface area contributed by atoms with Gasteiger partial charge in [-0.05, 0) is 49.3 Å². The first-order valence-corrected chi connectivity index (χ1v) is 10.1. The number of amides is 2. The maximum atomic E-state index is 12.5. The van der Waals surface area contributed by atoms with Gasteiger partial charge in [0.25, 0.3) is 5.91 Å². The zero-order chi connectivity index (χ0) is 19.1. The van der Waals surface area contributed by atoms with E-state index in [4.69, 9.17) is 4.74 Å². The Kier molecular flexibility index (Phi) is 6.75. The van der Waals surface area contributed by atoms with Gasteiger partial charge in [-0.25, -0.2) is 4.79 Å². The lowest BCUT2D eigenvalue weighted by Crippen LogP contribution is -2.41. The van der Waals surface area contributed by atoms with E-state index in [1.165, 1.54) is 0 Å². The molecule has 2 atom stereocenters. The zero-order valence-corrected chi connectivity index (χ0v) is 16.1. The second-order valence-electron chi connectivity index (χ2n) is 6.65. The number of hydrogen-bond acceptors (Lipinski definition) is 6. The smallest absolute Gasteiger partial charge is 0.411 e. The third-order valence-electron chi connectivity index (χ3n) is 4.50. The summed E-state index contributed by atoms with van der Waals surface area (Å²) in [5.74, 6) is -0.132. The van der Waals surface area contributed by atoms with Crippen LogP contribution >= 0.6 is 11.5 Å². The predicted octanol–water partition coefficient (Wildman–Crippen LogP) is 3.78. The molecule has 7 nitrogen and oxygen atoms in total. The molecule has 2 N–H and O–H groups in total. The van der Waals surface area contributed by atoms with Crippen LogP contribution in [-0.4, -0.2) is 33.7 Å². The van der Waals surface area contributed by atoms with E-state index >= 15 is 0 Å². The number of rotatable bonds is 6. The summed E-state index contributed by atoms with van der Waals surface area (Å²) < 4.78 is 9.44. The van der Waals surface area contributed by atoms with Crippen molar-refractivity contribution in [3.8, 4) is 0 Å². The molecular weight excluding hydrogens is 364 g/mol. The SMILES string of the molecule is CCCc1nnsc1C(=O)N[C@H]1CCC[C@H](OC(=O)Nc2ccccc2)C1. The van der Waals surface area contributed by atoms with Gasteiger partial charge in [0.15, 0.2) is 0 Å². The summed E-state index contributed by atoms with van der Waals surface area (Å²) >= 11 is 1.13. The summed E-state index contributed by atoms with van der Waals surface area (Å²) in [6, 6.07) is 9.18. The summed E-state index contributed by atoms with van der Waals surface area (Å²) in [4.78, 5) is 25.2. The molecule has 0 unspecified atom stereocenters. The lowest BCUT2D eigenvalue weighted by Gasteiger charge is -2.29. The average molecular weight is 388 g/mol. The van der Waals surface area contributed by atoms with Crippen LogP contribution in [-0.2, 0) is 11.2 Å². The molecule has 0 aliphatic heterocycles. The van der Waals surface area contributed by atoms with Gasteiger partial charge in [-0.1, -0.05) is 36.0 Å². The maximum Gasteiger partial charge on any atom is 0.411 e. The second kappa shape index (κ2) is 9.45. The normalized spacial score (nSPS) is 19.3. The molecule has 2 amide bonds. The van der Waals surface area contributed by atoms with Gasteiger partial charge in [0.05, 0.1) is 5.69 Å². The Morgan fingerprint density at radius 1 is 1.26 bits per heavy atom. The Labute approximate surface area is 162 Å². The Bertz CT molecular complexity index is 765. The zero-order valence-electron chi connectivity index (χ0n) is 15.3. The van der Waals surface area contributed by atoms with Gasteiger partial charge in [0.1, 0.15) is 11.0 Å². The number of anilines is 1. The number of ether oxygens (including phenoxy) is 1. The maximum absolute atomic E-state index is 12.5. The Balaban J connectivity index is 1.51. The fourth-order valence-corrected chi connectivity index (χ4v) is 3.85. The Morgan fingerprint density at radius 3 is 2.85 bits per heavy atom. The van der Waals surface area contributed by atoms with Crippen molar-refractivity contribution in [1.29, 1.82) is 0 Å². The minimum absolute atomic E-state index is 0.0163. The van der Waals surface area contributed by atoms with Crippen LogP contribution in [0.25, 0.3) is 0 Å². The highest BCUT2D eigenvalue weighted by Gasteiger charge is 2.27. The Morgan fingerprint density at radius 2 is 2.07 bits per heavy atom. The Hall–Kier alpha value is -2.48. The highest BCUT2D eigenvalue weighted by atomic mass is 32.1. The van der Waals surface area contributed by atoms with Crippen LogP contribution in [0.15, 0.2) is 30.3 Å². The molecule has 1 aromatic carbocycles. The van der Waals surface area contributed by atoms with Crippen LogP contribution in [0, 0.1) is 0 Å². The molecule has 1 aliphatic rings. The standard InChI is InChI=1S/C19H24N4O3S/c1-2-7-16-17(27-23-22-16)18(24)20-14-10-6-11-15(12-14)26-19(25)21-13-8-4-3-5-9-13/h3-5,8-9,14-15H,2,6-7,10-12H2,1H3,(H,20,24)(H,21,25)/t14-,15-/m0/s1. The molecule has 1 aromatic heterocycles. The highest BCUT2D eigenvalue weighted by Crippen LogP contribution is 2.23. The van der Waals surface area contributed by atoms with Gasteiger partial charge < -0.3 is 10.1 Å². The topological polar surface area (TPSA) is 93.2 Å². The number of hydrogen-bond donors (Lipinski definition) is 2. The van der Waals surface area contributed by atoms with E-state index < -0.39 is 6.09 Å². The molecule has 144 valence electrons. The fourth-order valence-electron chi connectivity index (χ4n) is 3.24. The molecule has 1 heterocycles. The van der Waals surface area contributed by atoms with Crippen molar-refractivity contribution >= 4 is 29.2 Å². The second-order valence-corrected chi connectivity index (χ2v) is 7.41. The molecule has 1 fully saturated rings. The van der Waals surface area contributed by atoms with E-state index in [9.17, 15) is 9.59 Å². The van der Waals surface area contributed by atoms with E-state index in [1.807, 2.05) is 37.3 Å². The number of para-hydroxylation sites is 1. The lowest BCUT2D eigenvalue weighted by atomic mass is 9.92. The first-order valence-electron chi connectivity index (χ1n) is 9.30. The van der Waals surface area contributed by atoms with Gasteiger partial charge >= 0.3 is 6.09 Å². The minimum atomic E-state index is -0.463. The minimum Gasteiger partial charge on any atom is -0.446 e. The third-order valence-corrected chi connectivity index (χ3v) is 5.27. The van der Waals surface area contributed by atoms with Crippen molar-refractivity contribution in [3.63, 3.8) is 0 Å². The molecule has 2 aromatic rings. The van der Waals surface area contributed by atoms with Crippen molar-refractivity contribution < 1.29 is 14.3 Å². The highest BCUT2D eigenvalue weighted by molar-refractivity contribution is 7.08. The quantitative estimate of drug-likeness (QED) is 0.785. The van der Waals surface area contributed by atoms with E-state index in [0.29, 0.717) is 17.0 Å². The summed E-state index contributed by atoms with van der Waals surface area (Å²) in [6.07, 6.45) is 4.19. The number of carbonyl (C=O) groups is 2.